The maximum absolute atomic E-state index is 12.6. The van der Waals surface area contributed by atoms with E-state index in [4.69, 9.17) is 19.2 Å². The van der Waals surface area contributed by atoms with Gasteiger partial charge in [-0.3, -0.25) is 0 Å². The highest BCUT2D eigenvalue weighted by Crippen LogP contribution is 2.37. The number of hydrogen-bond donors (Lipinski definition) is 0. The zero-order valence-corrected chi connectivity index (χ0v) is 15.9. The number of pyridine rings is 1. The highest BCUT2D eigenvalue weighted by Gasteiger charge is 2.22. The van der Waals surface area contributed by atoms with Crippen molar-refractivity contribution in [3.05, 3.63) is 65.9 Å². The van der Waals surface area contributed by atoms with Crippen molar-refractivity contribution in [2.45, 2.75) is 6.92 Å². The van der Waals surface area contributed by atoms with Crippen LogP contribution in [0.15, 0.2) is 54.6 Å². The van der Waals surface area contributed by atoms with Crippen molar-refractivity contribution in [2.24, 2.45) is 0 Å². The molecule has 0 spiro atoms. The Bertz CT molecular complexity index is 1250. The summed E-state index contributed by atoms with van der Waals surface area (Å²) in [4.78, 5) is 17.4. The summed E-state index contributed by atoms with van der Waals surface area (Å²) in [5.41, 5.74) is 3.99. The lowest BCUT2D eigenvalue weighted by Crippen LogP contribution is -2.05. The molecule has 144 valence electrons. The normalized spacial score (nSPS) is 12.3. The summed E-state index contributed by atoms with van der Waals surface area (Å²) in [6, 6.07) is 17.0. The third-order valence-electron chi connectivity index (χ3n) is 4.89. The van der Waals surface area contributed by atoms with Gasteiger partial charge in [-0.25, -0.2) is 14.5 Å². The molecule has 0 radical (unpaired) electrons. The molecule has 2 aromatic heterocycles. The minimum Gasteiger partial charge on any atom is -0.465 e. The van der Waals surface area contributed by atoms with E-state index in [1.54, 1.807) is 10.7 Å². The van der Waals surface area contributed by atoms with Gasteiger partial charge in [-0.15, -0.1) is 0 Å². The van der Waals surface area contributed by atoms with E-state index in [-0.39, 0.29) is 6.79 Å². The Morgan fingerprint density at radius 1 is 1.07 bits per heavy atom. The predicted octanol–water partition coefficient (Wildman–Crippen LogP) is 3.91. The third kappa shape index (κ3) is 2.79. The molecule has 3 heterocycles. The van der Waals surface area contributed by atoms with Gasteiger partial charge in [0.25, 0.3) is 0 Å². The molecule has 0 unspecified atom stereocenters. The Labute approximate surface area is 166 Å². The van der Waals surface area contributed by atoms with Crippen molar-refractivity contribution in [2.75, 3.05) is 13.9 Å². The summed E-state index contributed by atoms with van der Waals surface area (Å²) in [6.07, 6.45) is 0. The summed E-state index contributed by atoms with van der Waals surface area (Å²) in [5.74, 6) is 0.903. The van der Waals surface area contributed by atoms with Crippen molar-refractivity contribution < 1.29 is 19.0 Å². The Morgan fingerprint density at radius 2 is 1.86 bits per heavy atom. The maximum Gasteiger partial charge on any atom is 0.338 e. The van der Waals surface area contributed by atoms with Gasteiger partial charge in [-0.05, 0) is 43.3 Å². The van der Waals surface area contributed by atoms with Crippen LogP contribution in [-0.4, -0.2) is 34.6 Å². The quantitative estimate of drug-likeness (QED) is 0.496. The van der Waals surface area contributed by atoms with E-state index in [2.05, 4.69) is 5.10 Å². The van der Waals surface area contributed by atoms with E-state index in [1.807, 2.05) is 55.5 Å². The second-order valence-electron chi connectivity index (χ2n) is 6.65. The van der Waals surface area contributed by atoms with Crippen molar-refractivity contribution >= 4 is 17.0 Å². The van der Waals surface area contributed by atoms with Crippen molar-refractivity contribution in [3.8, 4) is 28.4 Å². The number of methoxy groups -OCH3 is 1. The highest BCUT2D eigenvalue weighted by atomic mass is 16.7. The largest absolute Gasteiger partial charge is 0.465 e. The fraction of sp³-hybridized carbons (Fsp3) is 0.136. The van der Waals surface area contributed by atoms with Crippen LogP contribution in [0.4, 0.5) is 0 Å². The average molecular weight is 387 g/mol. The number of fused-ring (bicyclic) bond motifs is 2. The number of esters is 1. The van der Waals surface area contributed by atoms with E-state index < -0.39 is 5.97 Å². The summed E-state index contributed by atoms with van der Waals surface area (Å²) in [6.45, 7) is 2.05. The zero-order valence-electron chi connectivity index (χ0n) is 15.9. The number of nitrogens with zero attached hydrogens (tertiary/aromatic N) is 3. The Hall–Kier alpha value is -3.87. The average Bonchev–Trinajstić information content (AvgIpc) is 3.37. The SMILES string of the molecule is COC(=O)c1cc(-c2ccc3c(c2)OCO3)nc2c1c(C)nn2-c1ccccc1. The fourth-order valence-electron chi connectivity index (χ4n) is 3.51. The van der Waals surface area contributed by atoms with E-state index in [1.165, 1.54) is 7.11 Å². The minimum atomic E-state index is -0.435. The number of aryl methyl sites for hydroxylation is 1. The van der Waals surface area contributed by atoms with Gasteiger partial charge in [-0.1, -0.05) is 18.2 Å². The van der Waals surface area contributed by atoms with Crippen LogP contribution in [0.3, 0.4) is 0 Å². The molecule has 0 N–H and O–H groups in total. The number of aromatic nitrogens is 3. The molecule has 0 saturated heterocycles. The van der Waals surface area contributed by atoms with Crippen LogP contribution in [0.2, 0.25) is 0 Å². The molecule has 0 saturated carbocycles. The smallest absolute Gasteiger partial charge is 0.338 e. The first-order valence-corrected chi connectivity index (χ1v) is 9.10. The van der Waals surface area contributed by atoms with Gasteiger partial charge in [0.2, 0.25) is 6.79 Å². The summed E-state index contributed by atoms with van der Waals surface area (Å²) in [7, 11) is 1.37. The Morgan fingerprint density at radius 3 is 2.66 bits per heavy atom. The van der Waals surface area contributed by atoms with Crippen LogP contribution < -0.4 is 9.47 Å². The number of para-hydroxylation sites is 1. The minimum absolute atomic E-state index is 0.193. The second-order valence-corrected chi connectivity index (χ2v) is 6.65. The van der Waals surface area contributed by atoms with E-state index >= 15 is 0 Å². The maximum atomic E-state index is 12.6. The second kappa shape index (κ2) is 6.63. The standard InChI is InChI=1S/C22H17N3O4/c1-13-20-16(22(26)27-2)11-17(14-8-9-18-19(10-14)29-12-28-18)23-21(20)25(24-13)15-6-4-3-5-7-15/h3-11H,12H2,1-2H3. The van der Waals surface area contributed by atoms with E-state index in [0.717, 1.165) is 11.3 Å². The number of ether oxygens (including phenoxy) is 3. The molecule has 0 aliphatic carbocycles. The number of carbonyl (C=O) groups is 1. The van der Waals surface area contributed by atoms with Gasteiger partial charge < -0.3 is 14.2 Å². The highest BCUT2D eigenvalue weighted by molar-refractivity contribution is 6.05. The molecule has 7 nitrogen and oxygen atoms in total. The molecule has 0 bridgehead atoms. The number of benzene rings is 2. The van der Waals surface area contributed by atoms with Crippen LogP contribution in [0.1, 0.15) is 16.1 Å². The van der Waals surface area contributed by atoms with Crippen LogP contribution in [0, 0.1) is 6.92 Å². The first-order valence-electron chi connectivity index (χ1n) is 9.10. The summed E-state index contributed by atoms with van der Waals surface area (Å²) in [5, 5.41) is 5.30. The van der Waals surface area contributed by atoms with Gasteiger partial charge in [0.05, 0.1) is 35.1 Å². The Kier molecular flexibility index (Phi) is 3.94. The van der Waals surface area contributed by atoms with Gasteiger partial charge in [0.1, 0.15) is 0 Å². The van der Waals surface area contributed by atoms with Crippen LogP contribution in [0.25, 0.3) is 28.0 Å². The lowest BCUT2D eigenvalue weighted by atomic mass is 10.1. The molecule has 5 rings (SSSR count). The topological polar surface area (TPSA) is 75.5 Å². The molecule has 29 heavy (non-hydrogen) atoms. The molecule has 2 aromatic carbocycles. The molecule has 4 aromatic rings. The molecular weight excluding hydrogens is 370 g/mol. The fourth-order valence-corrected chi connectivity index (χ4v) is 3.51. The van der Waals surface area contributed by atoms with Crippen LogP contribution in [-0.2, 0) is 4.74 Å². The molecule has 0 fully saturated rings. The molecular formula is C22H17N3O4. The Balaban J connectivity index is 1.78. The van der Waals surface area contributed by atoms with E-state index in [0.29, 0.717) is 39.5 Å². The first kappa shape index (κ1) is 17.2. The lowest BCUT2D eigenvalue weighted by Gasteiger charge is -2.09. The van der Waals surface area contributed by atoms with Gasteiger partial charge in [0.15, 0.2) is 17.1 Å². The predicted molar refractivity (Wildman–Crippen MR) is 107 cm³/mol. The molecule has 7 heteroatoms. The van der Waals surface area contributed by atoms with Gasteiger partial charge >= 0.3 is 5.97 Å². The molecule has 1 aliphatic rings. The molecule has 0 amide bonds. The molecule has 1 aliphatic heterocycles. The van der Waals surface area contributed by atoms with Gasteiger partial charge in [-0.2, -0.15) is 5.10 Å². The number of hydrogen-bond acceptors (Lipinski definition) is 6. The van der Waals surface area contributed by atoms with E-state index in [9.17, 15) is 4.79 Å². The lowest BCUT2D eigenvalue weighted by molar-refractivity contribution is 0.0603. The summed E-state index contributed by atoms with van der Waals surface area (Å²) < 4.78 is 17.6. The number of rotatable bonds is 3. The van der Waals surface area contributed by atoms with Crippen LogP contribution >= 0.6 is 0 Å². The van der Waals surface area contributed by atoms with Crippen molar-refractivity contribution in [1.82, 2.24) is 14.8 Å². The van der Waals surface area contributed by atoms with Crippen molar-refractivity contribution in [1.29, 1.82) is 0 Å². The molecule has 0 atom stereocenters. The van der Waals surface area contributed by atoms with Gasteiger partial charge in [0, 0.05) is 5.56 Å². The third-order valence-corrected chi connectivity index (χ3v) is 4.89. The zero-order chi connectivity index (χ0) is 20.0. The number of carbonyl (C=O) groups excluding carboxylic acids is 1. The monoisotopic (exact) mass is 387 g/mol. The first-order chi connectivity index (χ1) is 14.2. The van der Waals surface area contributed by atoms with Crippen molar-refractivity contribution in [3.63, 3.8) is 0 Å². The van der Waals surface area contributed by atoms with Crippen LogP contribution in [0.5, 0.6) is 11.5 Å². The summed E-state index contributed by atoms with van der Waals surface area (Å²) >= 11 is 0.